The molecule has 0 aromatic rings. The first kappa shape index (κ1) is 19.2. The van der Waals surface area contributed by atoms with E-state index in [4.69, 9.17) is 9.62 Å². The van der Waals surface area contributed by atoms with Crippen LogP contribution in [0.4, 0.5) is 4.79 Å². The molecule has 2 unspecified atom stereocenters. The summed E-state index contributed by atoms with van der Waals surface area (Å²) in [5.41, 5.74) is -0.737. The van der Waals surface area contributed by atoms with E-state index in [1.165, 1.54) is 0 Å². The van der Waals surface area contributed by atoms with Crippen molar-refractivity contribution in [2.24, 2.45) is 5.92 Å². The molecule has 0 amide bonds. The highest BCUT2D eigenvalue weighted by Gasteiger charge is 2.25. The van der Waals surface area contributed by atoms with E-state index in [1.54, 1.807) is 20.8 Å². The van der Waals surface area contributed by atoms with Gasteiger partial charge in [-0.2, -0.15) is 4.89 Å². The zero-order valence-electron chi connectivity index (χ0n) is 13.5. The van der Waals surface area contributed by atoms with Gasteiger partial charge < -0.3 is 9.84 Å². The molecule has 0 heterocycles. The zero-order valence-corrected chi connectivity index (χ0v) is 13.5. The first-order valence-corrected chi connectivity index (χ1v) is 7.51. The fourth-order valence-electron chi connectivity index (χ4n) is 2.00. The maximum atomic E-state index is 11.4. The van der Waals surface area contributed by atoms with E-state index >= 15 is 0 Å². The van der Waals surface area contributed by atoms with Gasteiger partial charge in [-0.25, -0.2) is 4.79 Å². The number of carbonyl (C=O) groups is 1. The van der Waals surface area contributed by atoms with Gasteiger partial charge in [0.15, 0.2) is 0 Å². The van der Waals surface area contributed by atoms with Gasteiger partial charge in [0.1, 0.15) is 5.60 Å². The van der Waals surface area contributed by atoms with Gasteiger partial charge in [0.2, 0.25) is 0 Å². The summed E-state index contributed by atoms with van der Waals surface area (Å²) in [5, 5.41) is 9.29. The number of rotatable bonds is 10. The lowest BCUT2D eigenvalue weighted by molar-refractivity contribution is -0.322. The quantitative estimate of drug-likeness (QED) is 0.376. The molecule has 0 saturated carbocycles. The Morgan fingerprint density at radius 2 is 1.95 bits per heavy atom. The Morgan fingerprint density at radius 3 is 2.45 bits per heavy atom. The molecule has 5 nitrogen and oxygen atoms in total. The second-order valence-corrected chi connectivity index (χ2v) is 5.96. The van der Waals surface area contributed by atoms with Crippen molar-refractivity contribution in [1.29, 1.82) is 0 Å². The van der Waals surface area contributed by atoms with Gasteiger partial charge in [-0.1, -0.05) is 33.1 Å². The molecule has 0 fully saturated rings. The highest BCUT2D eigenvalue weighted by atomic mass is 17.2. The summed E-state index contributed by atoms with van der Waals surface area (Å²) in [6.45, 7) is 9.71. The molecule has 0 rings (SSSR count). The van der Waals surface area contributed by atoms with Crippen molar-refractivity contribution in [3.8, 4) is 0 Å². The van der Waals surface area contributed by atoms with Gasteiger partial charge in [0.25, 0.3) is 0 Å². The predicted molar refractivity (Wildman–Crippen MR) is 77.2 cm³/mol. The van der Waals surface area contributed by atoms with Crippen LogP contribution in [-0.4, -0.2) is 29.6 Å². The molecule has 0 aliphatic rings. The highest BCUT2D eigenvalue weighted by molar-refractivity contribution is 5.58. The number of unbranched alkanes of at least 4 members (excludes halogenated alkanes) is 1. The first-order valence-electron chi connectivity index (χ1n) is 7.51. The molecule has 120 valence electrons. The second kappa shape index (κ2) is 10.00. The summed E-state index contributed by atoms with van der Waals surface area (Å²) in [4.78, 5) is 21.1. The topological polar surface area (TPSA) is 65.0 Å². The lowest BCUT2D eigenvalue weighted by Gasteiger charge is -2.23. The van der Waals surface area contributed by atoms with E-state index in [-0.39, 0.29) is 0 Å². The molecule has 0 radical (unpaired) electrons. The van der Waals surface area contributed by atoms with Gasteiger partial charge in [-0.05, 0) is 33.1 Å². The summed E-state index contributed by atoms with van der Waals surface area (Å²) < 4.78 is 5.04. The summed E-state index contributed by atoms with van der Waals surface area (Å²) in [6.07, 6.45) is 3.32. The smallest absolute Gasteiger partial charge is 0.432 e. The molecule has 0 aliphatic carbocycles. The van der Waals surface area contributed by atoms with Crippen LogP contribution in [0.15, 0.2) is 0 Å². The van der Waals surface area contributed by atoms with Crippen LogP contribution in [0.3, 0.4) is 0 Å². The average Bonchev–Trinajstić information content (AvgIpc) is 2.35. The minimum Gasteiger partial charge on any atom is -0.432 e. The summed E-state index contributed by atoms with van der Waals surface area (Å²) in [5.74, 6) is 0.368. The number of aliphatic hydroxyl groups is 1. The van der Waals surface area contributed by atoms with Crippen molar-refractivity contribution in [1.82, 2.24) is 0 Å². The molecule has 0 spiro atoms. The van der Waals surface area contributed by atoms with Gasteiger partial charge in [-0.3, -0.25) is 4.89 Å². The molecule has 20 heavy (non-hydrogen) atoms. The average molecular weight is 290 g/mol. The normalized spacial score (nSPS) is 14.7. The Labute approximate surface area is 122 Å². The van der Waals surface area contributed by atoms with Gasteiger partial charge >= 0.3 is 6.16 Å². The van der Waals surface area contributed by atoms with Gasteiger partial charge in [0.05, 0.1) is 12.7 Å². The molecule has 1 N–H and O–H groups in total. The SMILES string of the molecule is CCCCC(CC)COC(=O)OOC(C)(C)CC(C)O. The third-order valence-corrected chi connectivity index (χ3v) is 3.10. The molecule has 0 aromatic heterocycles. The van der Waals surface area contributed by atoms with E-state index in [2.05, 4.69) is 18.7 Å². The van der Waals surface area contributed by atoms with Crippen molar-refractivity contribution < 1.29 is 24.4 Å². The van der Waals surface area contributed by atoms with Crippen molar-refractivity contribution >= 4 is 6.16 Å². The molecular weight excluding hydrogens is 260 g/mol. The minimum atomic E-state index is -0.821. The molecule has 0 aromatic carbocycles. The number of hydrogen-bond acceptors (Lipinski definition) is 5. The lowest BCUT2D eigenvalue weighted by Crippen LogP contribution is -2.30. The third-order valence-electron chi connectivity index (χ3n) is 3.10. The highest BCUT2D eigenvalue weighted by Crippen LogP contribution is 2.18. The van der Waals surface area contributed by atoms with Crippen LogP contribution in [0, 0.1) is 5.92 Å². The maximum absolute atomic E-state index is 11.4. The van der Waals surface area contributed by atoms with Crippen LogP contribution in [0.5, 0.6) is 0 Å². The van der Waals surface area contributed by atoms with Crippen LogP contribution in [0.1, 0.15) is 66.7 Å². The fourth-order valence-corrected chi connectivity index (χ4v) is 2.00. The standard InChI is InChI=1S/C15H30O5/c1-6-8-9-13(7-2)11-18-14(17)19-20-15(4,5)10-12(3)16/h12-13,16H,6-11H2,1-5H3. The van der Waals surface area contributed by atoms with Crippen LogP contribution in [-0.2, 0) is 14.5 Å². The molecule has 0 saturated heterocycles. The Bertz CT molecular complexity index is 263. The van der Waals surface area contributed by atoms with E-state index in [0.29, 0.717) is 18.9 Å². The van der Waals surface area contributed by atoms with Crippen molar-refractivity contribution in [2.45, 2.75) is 78.4 Å². The maximum Gasteiger partial charge on any atom is 0.540 e. The van der Waals surface area contributed by atoms with Crippen molar-refractivity contribution in [3.63, 3.8) is 0 Å². The van der Waals surface area contributed by atoms with E-state index < -0.39 is 17.9 Å². The number of ether oxygens (including phenoxy) is 1. The number of carbonyl (C=O) groups excluding carboxylic acids is 1. The summed E-state index contributed by atoms with van der Waals surface area (Å²) in [7, 11) is 0. The second-order valence-electron chi connectivity index (χ2n) is 5.96. The largest absolute Gasteiger partial charge is 0.540 e. The minimum absolute atomic E-state index is 0.357. The lowest BCUT2D eigenvalue weighted by atomic mass is 10.0. The van der Waals surface area contributed by atoms with E-state index in [1.807, 2.05) is 0 Å². The summed E-state index contributed by atoms with van der Waals surface area (Å²) >= 11 is 0. The third kappa shape index (κ3) is 10.0. The molecular formula is C15H30O5. The van der Waals surface area contributed by atoms with Crippen LogP contribution < -0.4 is 0 Å². The van der Waals surface area contributed by atoms with Crippen LogP contribution >= 0.6 is 0 Å². The molecule has 2 atom stereocenters. The van der Waals surface area contributed by atoms with Gasteiger partial charge in [-0.15, -0.1) is 0 Å². The van der Waals surface area contributed by atoms with E-state index in [9.17, 15) is 9.90 Å². The predicted octanol–water partition coefficient (Wildman–Crippen LogP) is 3.84. The molecule has 5 heteroatoms. The Balaban J connectivity index is 3.93. The molecule has 0 aliphatic heterocycles. The van der Waals surface area contributed by atoms with Crippen molar-refractivity contribution in [2.75, 3.05) is 6.61 Å². The van der Waals surface area contributed by atoms with Crippen LogP contribution in [0.25, 0.3) is 0 Å². The van der Waals surface area contributed by atoms with Gasteiger partial charge in [0, 0.05) is 6.42 Å². The van der Waals surface area contributed by atoms with E-state index in [0.717, 1.165) is 25.7 Å². The van der Waals surface area contributed by atoms with Crippen LogP contribution in [0.2, 0.25) is 0 Å². The summed E-state index contributed by atoms with van der Waals surface area (Å²) in [6, 6.07) is 0. The number of hydrogen-bond donors (Lipinski definition) is 1. The first-order chi connectivity index (χ1) is 9.30. The molecule has 0 bridgehead atoms. The number of aliphatic hydroxyl groups excluding tert-OH is 1. The Kier molecular flexibility index (Phi) is 9.59. The fraction of sp³-hybridized carbons (Fsp3) is 0.933. The zero-order chi connectivity index (χ0) is 15.6. The Morgan fingerprint density at radius 1 is 1.30 bits per heavy atom. The monoisotopic (exact) mass is 290 g/mol. The Hall–Kier alpha value is -0.810. The van der Waals surface area contributed by atoms with Crippen molar-refractivity contribution in [3.05, 3.63) is 0 Å².